The highest BCUT2D eigenvalue weighted by Crippen LogP contribution is 2.37. The molecule has 0 radical (unpaired) electrons. The molecular formula is C14H13NO3S. The summed E-state index contributed by atoms with van der Waals surface area (Å²) in [5, 5.41) is 0.815. The highest BCUT2D eigenvalue weighted by molar-refractivity contribution is 7.18. The van der Waals surface area contributed by atoms with E-state index in [0.29, 0.717) is 19.4 Å². The number of cyclic esters (lactones) is 1. The molecule has 0 bridgehead atoms. The quantitative estimate of drug-likeness (QED) is 0.637. The van der Waals surface area contributed by atoms with Gasteiger partial charge in [-0.1, -0.05) is 12.1 Å². The number of para-hydroxylation sites is 1. The summed E-state index contributed by atoms with van der Waals surface area (Å²) in [4.78, 5) is 28.3. The SMILES string of the molecule is CC(=O)C1(Cc2nc3ccccc3s2)CCOC1=O. The van der Waals surface area contributed by atoms with Crippen LogP contribution in [0, 0.1) is 5.41 Å². The summed E-state index contributed by atoms with van der Waals surface area (Å²) < 4.78 is 6.07. The van der Waals surface area contributed by atoms with Crippen LogP contribution in [0.1, 0.15) is 18.4 Å². The van der Waals surface area contributed by atoms with Crippen LogP contribution < -0.4 is 0 Å². The summed E-state index contributed by atoms with van der Waals surface area (Å²) in [5.74, 6) is -0.534. The minimum atomic E-state index is -1.02. The first kappa shape index (κ1) is 12.3. The molecule has 0 saturated carbocycles. The summed E-state index contributed by atoms with van der Waals surface area (Å²) >= 11 is 1.53. The average molecular weight is 275 g/mol. The number of ether oxygens (including phenoxy) is 1. The summed E-state index contributed by atoms with van der Waals surface area (Å²) in [6.07, 6.45) is 0.803. The third-order valence-corrected chi connectivity index (χ3v) is 4.65. The Morgan fingerprint density at radius 2 is 2.26 bits per heavy atom. The van der Waals surface area contributed by atoms with Crippen molar-refractivity contribution in [3.63, 3.8) is 0 Å². The minimum Gasteiger partial charge on any atom is -0.465 e. The Morgan fingerprint density at radius 1 is 1.47 bits per heavy atom. The molecule has 1 saturated heterocycles. The van der Waals surface area contributed by atoms with Crippen LogP contribution in [-0.4, -0.2) is 23.3 Å². The maximum atomic E-state index is 11.9. The molecule has 0 amide bonds. The standard InChI is InChI=1S/C14H13NO3S/c1-9(16)14(6-7-18-13(14)17)8-12-15-10-4-2-3-5-11(10)19-12/h2-5H,6-8H2,1H3. The van der Waals surface area contributed by atoms with Gasteiger partial charge in [-0.3, -0.25) is 9.59 Å². The number of ketones is 1. The molecule has 0 spiro atoms. The molecule has 3 rings (SSSR count). The fraction of sp³-hybridized carbons (Fsp3) is 0.357. The molecule has 1 unspecified atom stereocenters. The highest BCUT2D eigenvalue weighted by atomic mass is 32.1. The number of aromatic nitrogens is 1. The number of hydrogen-bond acceptors (Lipinski definition) is 5. The van der Waals surface area contributed by atoms with Crippen molar-refractivity contribution in [2.45, 2.75) is 19.8 Å². The van der Waals surface area contributed by atoms with Crippen LogP contribution in [0.5, 0.6) is 0 Å². The van der Waals surface area contributed by atoms with Gasteiger partial charge in [0.15, 0.2) is 0 Å². The molecule has 1 aliphatic heterocycles. The first-order chi connectivity index (χ1) is 9.12. The van der Waals surface area contributed by atoms with Crippen LogP contribution in [0.15, 0.2) is 24.3 Å². The van der Waals surface area contributed by atoms with Crippen LogP contribution in [0.25, 0.3) is 10.2 Å². The number of esters is 1. The number of hydrogen-bond donors (Lipinski definition) is 0. The minimum absolute atomic E-state index is 0.130. The number of benzene rings is 1. The lowest BCUT2D eigenvalue weighted by Crippen LogP contribution is -2.36. The van der Waals surface area contributed by atoms with Crippen LogP contribution in [0.3, 0.4) is 0 Å². The Hall–Kier alpha value is -1.75. The summed E-state index contributed by atoms with van der Waals surface area (Å²) in [6, 6.07) is 7.80. The van der Waals surface area contributed by atoms with Crippen molar-refractivity contribution in [3.05, 3.63) is 29.3 Å². The molecule has 0 N–H and O–H groups in total. The Labute approximate surface area is 114 Å². The molecule has 0 aliphatic carbocycles. The number of thiazole rings is 1. The predicted octanol–water partition coefficient (Wildman–Crippen LogP) is 2.36. The average Bonchev–Trinajstić information content (AvgIpc) is 2.94. The number of Topliss-reactive ketones (excluding diaryl/α,β-unsaturated/α-hetero) is 1. The van der Waals surface area contributed by atoms with Gasteiger partial charge in [0.05, 0.1) is 21.8 Å². The van der Waals surface area contributed by atoms with Gasteiger partial charge in [0, 0.05) is 12.8 Å². The van der Waals surface area contributed by atoms with Crippen molar-refractivity contribution >= 4 is 33.3 Å². The zero-order valence-electron chi connectivity index (χ0n) is 10.5. The number of carbonyl (C=O) groups is 2. The number of carbonyl (C=O) groups excluding carboxylic acids is 2. The van der Waals surface area contributed by atoms with Crippen molar-refractivity contribution in [1.82, 2.24) is 4.98 Å². The monoisotopic (exact) mass is 275 g/mol. The second kappa shape index (κ2) is 4.42. The van der Waals surface area contributed by atoms with Crippen LogP contribution in [0.2, 0.25) is 0 Å². The Balaban J connectivity index is 1.98. The fourth-order valence-corrected chi connectivity index (χ4v) is 3.50. The van der Waals surface area contributed by atoms with E-state index >= 15 is 0 Å². The molecule has 1 aromatic heterocycles. The van der Waals surface area contributed by atoms with Crippen molar-refractivity contribution in [2.24, 2.45) is 5.41 Å². The van der Waals surface area contributed by atoms with E-state index in [1.54, 1.807) is 0 Å². The van der Waals surface area contributed by atoms with Crippen LogP contribution in [-0.2, 0) is 20.7 Å². The fourth-order valence-electron chi connectivity index (χ4n) is 2.42. The van der Waals surface area contributed by atoms with E-state index in [0.717, 1.165) is 15.2 Å². The van der Waals surface area contributed by atoms with Crippen molar-refractivity contribution in [1.29, 1.82) is 0 Å². The molecule has 2 heterocycles. The Bertz CT molecular complexity index is 631. The molecule has 5 heteroatoms. The molecule has 2 aromatic rings. The van der Waals surface area contributed by atoms with E-state index in [1.165, 1.54) is 18.3 Å². The molecule has 1 aliphatic rings. The Morgan fingerprint density at radius 3 is 2.89 bits per heavy atom. The van der Waals surface area contributed by atoms with Gasteiger partial charge in [-0.15, -0.1) is 11.3 Å². The van der Waals surface area contributed by atoms with Gasteiger partial charge in [0.2, 0.25) is 0 Å². The number of fused-ring (bicyclic) bond motifs is 1. The highest BCUT2D eigenvalue weighted by Gasteiger charge is 2.49. The van der Waals surface area contributed by atoms with Gasteiger partial charge in [-0.05, 0) is 19.1 Å². The molecule has 19 heavy (non-hydrogen) atoms. The van der Waals surface area contributed by atoms with E-state index in [4.69, 9.17) is 4.74 Å². The van der Waals surface area contributed by atoms with E-state index in [2.05, 4.69) is 4.98 Å². The molecule has 98 valence electrons. The molecule has 1 aromatic carbocycles. The summed E-state index contributed by atoms with van der Waals surface area (Å²) in [5.41, 5.74) is -0.110. The molecule has 1 fully saturated rings. The van der Waals surface area contributed by atoms with E-state index in [-0.39, 0.29) is 5.78 Å². The maximum Gasteiger partial charge on any atom is 0.320 e. The molecule has 4 nitrogen and oxygen atoms in total. The zero-order valence-corrected chi connectivity index (χ0v) is 11.3. The van der Waals surface area contributed by atoms with E-state index in [9.17, 15) is 9.59 Å². The van der Waals surface area contributed by atoms with Gasteiger partial charge in [-0.25, -0.2) is 4.98 Å². The van der Waals surface area contributed by atoms with Crippen LogP contribution in [0.4, 0.5) is 0 Å². The third kappa shape index (κ3) is 1.94. The van der Waals surface area contributed by atoms with Crippen molar-refractivity contribution in [3.8, 4) is 0 Å². The lowest BCUT2D eigenvalue weighted by atomic mass is 9.79. The van der Waals surface area contributed by atoms with Gasteiger partial charge in [-0.2, -0.15) is 0 Å². The van der Waals surface area contributed by atoms with Crippen LogP contribution >= 0.6 is 11.3 Å². The first-order valence-electron chi connectivity index (χ1n) is 6.14. The largest absolute Gasteiger partial charge is 0.465 e. The van der Waals surface area contributed by atoms with Crippen molar-refractivity contribution < 1.29 is 14.3 Å². The zero-order chi connectivity index (χ0) is 13.5. The predicted molar refractivity (Wildman–Crippen MR) is 72.0 cm³/mol. The second-order valence-electron chi connectivity index (χ2n) is 4.78. The summed E-state index contributed by atoms with van der Waals surface area (Å²) in [7, 11) is 0. The molecule has 1 atom stereocenters. The summed E-state index contributed by atoms with van der Waals surface area (Å²) in [6.45, 7) is 1.78. The van der Waals surface area contributed by atoms with E-state index in [1.807, 2.05) is 24.3 Å². The topological polar surface area (TPSA) is 56.3 Å². The normalized spacial score (nSPS) is 22.7. The number of nitrogens with zero attached hydrogens (tertiary/aromatic N) is 1. The number of rotatable bonds is 3. The van der Waals surface area contributed by atoms with Gasteiger partial charge in [0.25, 0.3) is 0 Å². The van der Waals surface area contributed by atoms with E-state index < -0.39 is 11.4 Å². The Kier molecular flexibility index (Phi) is 2.86. The molecular weight excluding hydrogens is 262 g/mol. The lowest BCUT2D eigenvalue weighted by Gasteiger charge is -2.19. The maximum absolute atomic E-state index is 11.9. The second-order valence-corrected chi connectivity index (χ2v) is 5.89. The van der Waals surface area contributed by atoms with Gasteiger partial charge >= 0.3 is 5.97 Å². The van der Waals surface area contributed by atoms with Gasteiger partial charge in [0.1, 0.15) is 11.2 Å². The van der Waals surface area contributed by atoms with Crippen molar-refractivity contribution in [2.75, 3.05) is 6.61 Å². The lowest BCUT2D eigenvalue weighted by molar-refractivity contribution is -0.150. The smallest absolute Gasteiger partial charge is 0.320 e. The first-order valence-corrected chi connectivity index (χ1v) is 6.96. The van der Waals surface area contributed by atoms with Gasteiger partial charge < -0.3 is 4.74 Å². The third-order valence-electron chi connectivity index (χ3n) is 3.62.